The molecule has 1 aliphatic rings. The average molecular weight is 345 g/mol. The number of hydrogen-bond donors (Lipinski definition) is 1. The van der Waals surface area contributed by atoms with E-state index in [-0.39, 0.29) is 18.2 Å². The molecule has 0 aliphatic carbocycles. The number of nitrogens with one attached hydrogen (secondary N) is 1. The quantitative estimate of drug-likeness (QED) is 0.857. The van der Waals surface area contributed by atoms with Gasteiger partial charge in [0.15, 0.2) is 0 Å². The number of nitrogens with zero attached hydrogens (tertiary/aromatic N) is 2. The first kappa shape index (κ1) is 16.9. The Hall–Kier alpha value is -1.92. The van der Waals surface area contributed by atoms with E-state index in [2.05, 4.69) is 43.2 Å². The Morgan fingerprint density at radius 1 is 1.29 bits per heavy atom. The summed E-state index contributed by atoms with van der Waals surface area (Å²) < 4.78 is 4.98. The third-order valence-corrected chi connectivity index (χ3v) is 5.58. The monoisotopic (exact) mass is 345 g/mol. The van der Waals surface area contributed by atoms with Crippen LogP contribution in [0.25, 0.3) is 0 Å². The lowest BCUT2D eigenvalue weighted by atomic mass is 10.1. The largest absolute Gasteiger partial charge is 0.447 e. The van der Waals surface area contributed by atoms with Gasteiger partial charge in [-0.1, -0.05) is 19.1 Å². The zero-order valence-electron chi connectivity index (χ0n) is 14.3. The Morgan fingerprint density at radius 2 is 2.04 bits per heavy atom. The first-order valence-electron chi connectivity index (χ1n) is 8.33. The molecule has 1 saturated heterocycles. The minimum atomic E-state index is -0.266. The third-order valence-electron chi connectivity index (χ3n) is 4.26. The molecule has 1 aromatic carbocycles. The van der Waals surface area contributed by atoms with Gasteiger partial charge in [0.05, 0.1) is 12.6 Å². The van der Waals surface area contributed by atoms with E-state index in [1.165, 1.54) is 10.4 Å². The van der Waals surface area contributed by atoms with Crippen LogP contribution in [0.3, 0.4) is 0 Å². The fourth-order valence-corrected chi connectivity index (χ4v) is 3.67. The first-order chi connectivity index (χ1) is 11.6. The highest BCUT2D eigenvalue weighted by molar-refractivity contribution is 7.11. The van der Waals surface area contributed by atoms with E-state index in [0.717, 1.165) is 17.1 Å². The number of amides is 1. The van der Waals surface area contributed by atoms with Gasteiger partial charge in [-0.15, -0.1) is 11.3 Å². The van der Waals surface area contributed by atoms with Crippen molar-refractivity contribution < 1.29 is 9.53 Å². The fraction of sp³-hybridized carbons (Fsp3) is 0.444. The minimum Gasteiger partial charge on any atom is -0.447 e. The molecule has 0 radical (unpaired) electrons. The summed E-state index contributed by atoms with van der Waals surface area (Å²) in [6.45, 7) is 7.51. The number of ether oxygens (including phenoxy) is 1. The Balaban J connectivity index is 1.64. The smallest absolute Gasteiger partial charge is 0.414 e. The summed E-state index contributed by atoms with van der Waals surface area (Å²) in [6.07, 6.45) is 2.73. The van der Waals surface area contributed by atoms with E-state index >= 15 is 0 Å². The lowest BCUT2D eigenvalue weighted by Crippen LogP contribution is -2.24. The van der Waals surface area contributed by atoms with Gasteiger partial charge < -0.3 is 10.1 Å². The predicted molar refractivity (Wildman–Crippen MR) is 96.6 cm³/mol. The average Bonchev–Trinajstić information content (AvgIpc) is 3.23. The van der Waals surface area contributed by atoms with Crippen molar-refractivity contribution in [2.75, 3.05) is 18.1 Å². The number of hydrogen-bond acceptors (Lipinski definition) is 5. The predicted octanol–water partition coefficient (Wildman–Crippen LogP) is 4.07. The molecule has 1 fully saturated rings. The highest BCUT2D eigenvalue weighted by Gasteiger charge is 2.23. The SMILES string of the molecule is CCc1cnc([C@@H](C)N[C@H](C)c2ccc(N3CCOC3=O)cc2)s1. The van der Waals surface area contributed by atoms with Crippen LogP contribution >= 0.6 is 11.3 Å². The molecule has 2 heterocycles. The highest BCUT2D eigenvalue weighted by atomic mass is 32.1. The summed E-state index contributed by atoms with van der Waals surface area (Å²) in [5.41, 5.74) is 2.07. The zero-order chi connectivity index (χ0) is 17.1. The number of benzene rings is 1. The molecule has 3 rings (SSSR count). The van der Waals surface area contributed by atoms with Gasteiger partial charge in [-0.2, -0.15) is 0 Å². The first-order valence-corrected chi connectivity index (χ1v) is 9.15. The number of anilines is 1. The summed E-state index contributed by atoms with van der Waals surface area (Å²) in [5, 5.41) is 4.71. The van der Waals surface area contributed by atoms with Gasteiger partial charge in [-0.25, -0.2) is 9.78 Å². The molecule has 0 bridgehead atoms. The third kappa shape index (κ3) is 3.60. The van der Waals surface area contributed by atoms with Gasteiger partial charge in [-0.05, 0) is 38.0 Å². The summed E-state index contributed by atoms with van der Waals surface area (Å²) in [5.74, 6) is 0. The van der Waals surface area contributed by atoms with E-state index in [1.54, 1.807) is 16.2 Å². The molecular weight excluding hydrogens is 322 g/mol. The van der Waals surface area contributed by atoms with Gasteiger partial charge in [0, 0.05) is 22.8 Å². The summed E-state index contributed by atoms with van der Waals surface area (Å²) in [4.78, 5) is 19.1. The second-order valence-corrected chi connectivity index (χ2v) is 7.13. The maximum Gasteiger partial charge on any atom is 0.414 e. The lowest BCUT2D eigenvalue weighted by Gasteiger charge is -2.20. The van der Waals surface area contributed by atoms with Crippen molar-refractivity contribution >= 4 is 23.1 Å². The van der Waals surface area contributed by atoms with Crippen molar-refractivity contribution in [2.45, 2.75) is 39.3 Å². The van der Waals surface area contributed by atoms with Crippen molar-refractivity contribution in [2.24, 2.45) is 0 Å². The Bertz CT molecular complexity index is 699. The number of aromatic nitrogens is 1. The molecule has 6 heteroatoms. The minimum absolute atomic E-state index is 0.202. The maximum absolute atomic E-state index is 11.6. The fourth-order valence-electron chi connectivity index (χ4n) is 2.80. The maximum atomic E-state index is 11.6. The molecule has 5 nitrogen and oxygen atoms in total. The topological polar surface area (TPSA) is 54.5 Å². The van der Waals surface area contributed by atoms with Crippen molar-refractivity contribution in [3.8, 4) is 0 Å². The van der Waals surface area contributed by atoms with Crippen LogP contribution < -0.4 is 10.2 Å². The summed E-state index contributed by atoms with van der Waals surface area (Å²) in [7, 11) is 0. The molecule has 0 spiro atoms. The zero-order valence-corrected chi connectivity index (χ0v) is 15.1. The number of carbonyl (C=O) groups excluding carboxylic acids is 1. The van der Waals surface area contributed by atoms with Crippen LogP contribution in [0.4, 0.5) is 10.5 Å². The summed E-state index contributed by atoms with van der Waals surface area (Å²) >= 11 is 1.77. The second kappa shape index (κ2) is 7.32. The van der Waals surface area contributed by atoms with Crippen LogP contribution in [0.15, 0.2) is 30.5 Å². The second-order valence-electron chi connectivity index (χ2n) is 5.99. The number of thiazole rings is 1. The van der Waals surface area contributed by atoms with Crippen LogP contribution in [-0.4, -0.2) is 24.2 Å². The molecule has 128 valence electrons. The van der Waals surface area contributed by atoms with Crippen molar-refractivity contribution in [1.82, 2.24) is 10.3 Å². The van der Waals surface area contributed by atoms with E-state index in [1.807, 2.05) is 18.3 Å². The molecule has 0 saturated carbocycles. The Labute approximate surface area is 146 Å². The molecule has 2 aromatic rings. The van der Waals surface area contributed by atoms with Crippen molar-refractivity contribution in [3.63, 3.8) is 0 Å². The van der Waals surface area contributed by atoms with E-state index in [0.29, 0.717) is 13.2 Å². The van der Waals surface area contributed by atoms with E-state index < -0.39 is 0 Å². The number of cyclic esters (lactones) is 1. The highest BCUT2D eigenvalue weighted by Crippen LogP contribution is 2.25. The van der Waals surface area contributed by atoms with Crippen molar-refractivity contribution in [3.05, 3.63) is 45.9 Å². The standard InChI is InChI=1S/C18H23N3O2S/c1-4-16-11-19-17(24-16)13(3)20-12(2)14-5-7-15(8-6-14)21-9-10-23-18(21)22/h5-8,11-13,20H,4,9-10H2,1-3H3/t12-,13-/m1/s1. The van der Waals surface area contributed by atoms with Crippen LogP contribution in [0.5, 0.6) is 0 Å². The van der Waals surface area contributed by atoms with E-state index in [9.17, 15) is 4.79 Å². The van der Waals surface area contributed by atoms with Gasteiger partial charge in [-0.3, -0.25) is 4.90 Å². The van der Waals surface area contributed by atoms with Crippen LogP contribution in [0, 0.1) is 0 Å². The molecule has 1 amide bonds. The van der Waals surface area contributed by atoms with Crippen LogP contribution in [-0.2, 0) is 11.2 Å². The van der Waals surface area contributed by atoms with E-state index in [4.69, 9.17) is 4.74 Å². The Morgan fingerprint density at radius 3 is 2.62 bits per heavy atom. The van der Waals surface area contributed by atoms with Gasteiger partial charge in [0.1, 0.15) is 11.6 Å². The van der Waals surface area contributed by atoms with Gasteiger partial charge >= 0.3 is 6.09 Å². The van der Waals surface area contributed by atoms with Gasteiger partial charge in [0.2, 0.25) is 0 Å². The Kier molecular flexibility index (Phi) is 5.16. The number of aryl methyl sites for hydroxylation is 1. The molecule has 2 atom stereocenters. The normalized spacial score (nSPS) is 17.0. The number of rotatable bonds is 6. The molecule has 1 aliphatic heterocycles. The molecule has 1 N–H and O–H groups in total. The summed E-state index contributed by atoms with van der Waals surface area (Å²) in [6, 6.07) is 8.48. The van der Waals surface area contributed by atoms with Crippen LogP contribution in [0.2, 0.25) is 0 Å². The molecule has 1 aromatic heterocycles. The van der Waals surface area contributed by atoms with Crippen LogP contribution in [0.1, 0.15) is 48.3 Å². The van der Waals surface area contributed by atoms with Crippen molar-refractivity contribution in [1.29, 1.82) is 0 Å². The molecule has 0 unspecified atom stereocenters. The number of carbonyl (C=O) groups is 1. The molecular formula is C18H23N3O2S. The van der Waals surface area contributed by atoms with Gasteiger partial charge in [0.25, 0.3) is 0 Å². The lowest BCUT2D eigenvalue weighted by molar-refractivity contribution is 0.181. The molecule has 24 heavy (non-hydrogen) atoms.